The molecule has 0 aliphatic heterocycles. The zero-order valence-electron chi connectivity index (χ0n) is 18.7. The van der Waals surface area contributed by atoms with Gasteiger partial charge >= 0.3 is 0 Å². The maximum Gasteiger partial charge on any atom is 0.250 e. The Hall–Kier alpha value is -1.08. The second kappa shape index (κ2) is 7.51. The van der Waals surface area contributed by atoms with Gasteiger partial charge in [0.25, 0.3) is 16.6 Å². The predicted octanol–water partition coefficient (Wildman–Crippen LogP) is 6.83. The fourth-order valence-electron chi connectivity index (χ4n) is 2.02. The van der Waals surface area contributed by atoms with Crippen molar-refractivity contribution >= 4 is 22.9 Å². The molecule has 0 radical (unpaired) electrons. The van der Waals surface area contributed by atoms with E-state index in [1.54, 1.807) is 0 Å². The maximum absolute atomic E-state index is 11.8. The monoisotopic (exact) mass is 394 g/mol. The molecule has 0 atom stereocenters. The van der Waals surface area contributed by atoms with Crippen molar-refractivity contribution in [2.45, 2.75) is 91.2 Å². The molecule has 0 N–H and O–H groups in total. The lowest BCUT2D eigenvalue weighted by atomic mass is 10.1. The highest BCUT2D eigenvalue weighted by atomic mass is 28.4. The predicted molar refractivity (Wildman–Crippen MR) is 117 cm³/mol. The van der Waals surface area contributed by atoms with Crippen molar-refractivity contribution in [1.29, 1.82) is 0 Å². The minimum atomic E-state index is -2.11. The van der Waals surface area contributed by atoms with Crippen LogP contribution in [0.25, 0.3) is 0 Å². The molecule has 0 spiro atoms. The average molecular weight is 395 g/mol. The SMILES string of the molecule is CCc1ccc(C=O)c(O[Si](C)(C)C(C)(C)C)c1O[Si](C)(C)C(C)(C)C. The topological polar surface area (TPSA) is 35.5 Å². The second-order valence-electron chi connectivity index (χ2n) is 10.2. The Kier molecular flexibility index (Phi) is 6.63. The van der Waals surface area contributed by atoms with Crippen molar-refractivity contribution in [2.24, 2.45) is 0 Å². The first-order chi connectivity index (χ1) is 11.6. The summed E-state index contributed by atoms with van der Waals surface area (Å²) < 4.78 is 13.3. The van der Waals surface area contributed by atoms with Gasteiger partial charge in [-0.05, 0) is 54.3 Å². The molecule has 0 aliphatic rings. The van der Waals surface area contributed by atoms with Crippen LogP contribution in [0.3, 0.4) is 0 Å². The third-order valence-electron chi connectivity index (χ3n) is 6.06. The van der Waals surface area contributed by atoms with E-state index in [1.807, 2.05) is 12.1 Å². The van der Waals surface area contributed by atoms with Gasteiger partial charge < -0.3 is 8.85 Å². The number of benzene rings is 1. The van der Waals surface area contributed by atoms with E-state index in [1.165, 1.54) is 0 Å². The van der Waals surface area contributed by atoms with Gasteiger partial charge in [0, 0.05) is 0 Å². The van der Waals surface area contributed by atoms with E-state index in [9.17, 15) is 4.79 Å². The molecule has 0 bridgehead atoms. The van der Waals surface area contributed by atoms with Crippen LogP contribution in [0.2, 0.25) is 36.3 Å². The summed E-state index contributed by atoms with van der Waals surface area (Å²) in [6, 6.07) is 3.87. The Morgan fingerprint density at radius 1 is 0.846 bits per heavy atom. The molecule has 148 valence electrons. The first kappa shape index (κ1) is 23.0. The molecule has 0 amide bonds. The van der Waals surface area contributed by atoms with E-state index >= 15 is 0 Å². The average Bonchev–Trinajstić information content (AvgIpc) is 2.46. The second-order valence-corrected chi connectivity index (χ2v) is 19.6. The summed E-state index contributed by atoms with van der Waals surface area (Å²) in [6.07, 6.45) is 1.73. The van der Waals surface area contributed by atoms with Crippen molar-refractivity contribution < 1.29 is 13.6 Å². The molecule has 3 nitrogen and oxygen atoms in total. The van der Waals surface area contributed by atoms with Gasteiger partial charge in [-0.25, -0.2) is 0 Å². The summed E-state index contributed by atoms with van der Waals surface area (Å²) in [5, 5.41) is 0.118. The minimum absolute atomic E-state index is 0.0453. The van der Waals surface area contributed by atoms with Gasteiger partial charge in [-0.2, -0.15) is 0 Å². The van der Waals surface area contributed by atoms with Crippen molar-refractivity contribution in [1.82, 2.24) is 0 Å². The molecule has 1 aromatic rings. The lowest BCUT2D eigenvalue weighted by Gasteiger charge is -2.40. The number of aldehydes is 1. The van der Waals surface area contributed by atoms with E-state index in [2.05, 4.69) is 74.7 Å². The fourth-order valence-corrected chi connectivity index (χ4v) is 4.09. The van der Waals surface area contributed by atoms with Crippen molar-refractivity contribution in [3.63, 3.8) is 0 Å². The number of rotatable bonds is 6. The van der Waals surface area contributed by atoms with Gasteiger partial charge in [0.2, 0.25) is 0 Å². The van der Waals surface area contributed by atoms with Gasteiger partial charge in [0.05, 0.1) is 5.56 Å². The van der Waals surface area contributed by atoms with Gasteiger partial charge in [-0.1, -0.05) is 54.5 Å². The van der Waals surface area contributed by atoms with Crippen molar-refractivity contribution in [2.75, 3.05) is 0 Å². The largest absolute Gasteiger partial charge is 0.541 e. The zero-order chi connectivity index (χ0) is 20.6. The van der Waals surface area contributed by atoms with Crippen molar-refractivity contribution in [3.8, 4) is 11.5 Å². The van der Waals surface area contributed by atoms with Crippen LogP contribution in [0.15, 0.2) is 12.1 Å². The number of aryl methyl sites for hydroxylation is 1. The Morgan fingerprint density at radius 3 is 1.62 bits per heavy atom. The number of carbonyl (C=O) groups is 1. The van der Waals surface area contributed by atoms with Crippen LogP contribution < -0.4 is 8.85 Å². The maximum atomic E-state index is 11.8. The van der Waals surface area contributed by atoms with Gasteiger partial charge in [0.15, 0.2) is 12.0 Å². The highest BCUT2D eigenvalue weighted by molar-refractivity contribution is 6.75. The minimum Gasteiger partial charge on any atom is -0.541 e. The molecule has 0 heterocycles. The Labute approximate surface area is 162 Å². The van der Waals surface area contributed by atoms with Crippen LogP contribution in [0.5, 0.6) is 11.5 Å². The smallest absolute Gasteiger partial charge is 0.250 e. The summed E-state index contributed by atoms with van der Waals surface area (Å²) in [4.78, 5) is 11.8. The van der Waals surface area contributed by atoms with Crippen LogP contribution >= 0.6 is 0 Å². The normalized spacial score (nSPS) is 13.5. The molecule has 0 aromatic heterocycles. The van der Waals surface area contributed by atoms with Gasteiger partial charge in [-0.3, -0.25) is 4.79 Å². The molecular formula is C21H38O3Si2. The molecule has 0 aliphatic carbocycles. The van der Waals surface area contributed by atoms with Crippen molar-refractivity contribution in [3.05, 3.63) is 23.3 Å². The third kappa shape index (κ3) is 4.80. The van der Waals surface area contributed by atoms with Crippen LogP contribution in [0.4, 0.5) is 0 Å². The lowest BCUT2D eigenvalue weighted by Crippen LogP contribution is -2.46. The molecule has 5 heteroatoms. The van der Waals surface area contributed by atoms with E-state index in [-0.39, 0.29) is 10.1 Å². The molecule has 0 fully saturated rings. The number of hydrogen-bond donors (Lipinski definition) is 0. The number of carbonyl (C=O) groups excluding carboxylic acids is 1. The molecule has 0 saturated heterocycles. The summed E-state index contributed by atoms with van der Waals surface area (Å²) in [6.45, 7) is 24.3. The van der Waals surface area contributed by atoms with E-state index in [4.69, 9.17) is 8.85 Å². The number of hydrogen-bond acceptors (Lipinski definition) is 3. The summed E-state index contributed by atoms with van der Waals surface area (Å²) >= 11 is 0. The standard InChI is InChI=1S/C21H38O3Si2/c1-12-16-13-14-17(15-22)19(24-26(10,11)21(5,6)7)18(16)23-25(8,9)20(2,3)4/h13-15H,12H2,1-11H3. The molecular weight excluding hydrogens is 356 g/mol. The van der Waals surface area contributed by atoms with Crippen LogP contribution in [0.1, 0.15) is 64.4 Å². The summed E-state index contributed by atoms with van der Waals surface area (Å²) in [7, 11) is -4.17. The summed E-state index contributed by atoms with van der Waals surface area (Å²) in [5.74, 6) is 1.43. The van der Waals surface area contributed by atoms with E-state index < -0.39 is 16.6 Å². The molecule has 26 heavy (non-hydrogen) atoms. The Morgan fingerprint density at radius 2 is 1.27 bits per heavy atom. The fraction of sp³-hybridized carbons (Fsp3) is 0.667. The summed E-state index contributed by atoms with van der Waals surface area (Å²) in [5.41, 5.74) is 1.69. The Bertz CT molecular complexity index is 650. The lowest BCUT2D eigenvalue weighted by molar-refractivity contribution is 0.112. The Balaban J connectivity index is 3.60. The molecule has 1 aromatic carbocycles. The first-order valence-corrected chi connectivity index (χ1v) is 15.4. The van der Waals surface area contributed by atoms with Crippen LogP contribution in [-0.4, -0.2) is 22.9 Å². The first-order valence-electron chi connectivity index (χ1n) is 9.56. The molecule has 0 saturated carbocycles. The van der Waals surface area contributed by atoms with E-state index in [0.717, 1.165) is 24.0 Å². The molecule has 0 unspecified atom stereocenters. The van der Waals surface area contributed by atoms with Gasteiger partial charge in [-0.15, -0.1) is 0 Å². The molecule has 1 rings (SSSR count). The third-order valence-corrected chi connectivity index (χ3v) is 14.7. The van der Waals surface area contributed by atoms with Gasteiger partial charge in [0.1, 0.15) is 5.75 Å². The zero-order valence-corrected chi connectivity index (χ0v) is 20.7. The highest BCUT2D eigenvalue weighted by Gasteiger charge is 2.43. The van der Waals surface area contributed by atoms with E-state index in [0.29, 0.717) is 11.3 Å². The van der Waals surface area contributed by atoms with Crippen LogP contribution in [0, 0.1) is 0 Å². The highest BCUT2D eigenvalue weighted by Crippen LogP contribution is 2.46. The quantitative estimate of drug-likeness (QED) is 0.392. The van der Waals surface area contributed by atoms with Crippen LogP contribution in [-0.2, 0) is 6.42 Å².